The Kier molecular flexibility index (Phi) is 3.34. The molecular weight excluding hydrogens is 343 g/mol. The normalized spacial score (nSPS) is 15.4. The fourth-order valence-electron chi connectivity index (χ4n) is 2.12. The number of aromatic nitrogens is 1. The molecule has 0 saturated carbocycles. The average Bonchev–Trinajstić information content (AvgIpc) is 3.00. The van der Waals surface area contributed by atoms with Gasteiger partial charge in [-0.15, -0.1) is 11.3 Å². The molecule has 4 rings (SSSR count). The van der Waals surface area contributed by atoms with Gasteiger partial charge in [-0.3, -0.25) is 0 Å². The predicted molar refractivity (Wildman–Crippen MR) is 93.5 cm³/mol. The van der Waals surface area contributed by atoms with E-state index >= 15 is 0 Å². The van der Waals surface area contributed by atoms with E-state index in [1.807, 2.05) is 36.4 Å². The molecule has 6 heteroatoms. The van der Waals surface area contributed by atoms with Crippen LogP contribution in [0, 0.1) is 0 Å². The van der Waals surface area contributed by atoms with Gasteiger partial charge in [-0.05, 0) is 36.4 Å². The maximum absolute atomic E-state index is 6.01. The Labute approximate surface area is 139 Å². The molecule has 1 aliphatic heterocycles. The van der Waals surface area contributed by atoms with Crippen LogP contribution in [0.25, 0.3) is 16.3 Å². The highest BCUT2D eigenvalue weighted by molar-refractivity contribution is 8.03. The van der Waals surface area contributed by atoms with Gasteiger partial charge in [0, 0.05) is 21.0 Å². The van der Waals surface area contributed by atoms with Crippen LogP contribution in [-0.2, 0) is 0 Å². The molecule has 0 unspecified atom stereocenters. The maximum Gasteiger partial charge on any atom is 0.119 e. The second kappa shape index (κ2) is 5.21. The van der Waals surface area contributed by atoms with Crippen LogP contribution in [-0.4, -0.2) is 4.98 Å². The summed E-state index contributed by atoms with van der Waals surface area (Å²) < 4.78 is 1.13. The van der Waals surface area contributed by atoms with E-state index in [9.17, 15) is 0 Å². The van der Waals surface area contributed by atoms with Gasteiger partial charge in [0.15, 0.2) is 0 Å². The first-order chi connectivity index (χ1) is 10.2. The van der Waals surface area contributed by atoms with Gasteiger partial charge in [0.05, 0.1) is 20.9 Å². The standard InChI is InChI=1S/C15H8Cl2N2S2/c16-8-1-3-12-10(5-8)18-14(20-12)7-15-19-11-6-9(17)2-4-13(11)21-15/h1-7,18H/b14-7-. The van der Waals surface area contributed by atoms with Gasteiger partial charge in [0.2, 0.25) is 0 Å². The molecule has 0 aliphatic carbocycles. The van der Waals surface area contributed by atoms with E-state index in [-0.39, 0.29) is 0 Å². The molecule has 21 heavy (non-hydrogen) atoms. The van der Waals surface area contributed by atoms with Crippen LogP contribution < -0.4 is 5.32 Å². The molecule has 1 N–H and O–H groups in total. The Bertz CT molecular complexity index is 887. The van der Waals surface area contributed by atoms with E-state index in [0.717, 1.165) is 31.0 Å². The number of benzene rings is 2. The topological polar surface area (TPSA) is 24.9 Å². The Morgan fingerprint density at radius 2 is 1.86 bits per heavy atom. The van der Waals surface area contributed by atoms with Crippen molar-refractivity contribution in [3.8, 4) is 0 Å². The molecule has 1 aliphatic rings. The highest BCUT2D eigenvalue weighted by Gasteiger charge is 2.16. The van der Waals surface area contributed by atoms with E-state index in [1.54, 1.807) is 23.1 Å². The number of nitrogens with zero attached hydrogens (tertiary/aromatic N) is 1. The summed E-state index contributed by atoms with van der Waals surface area (Å²) in [5.74, 6) is 0. The first kappa shape index (κ1) is 13.5. The van der Waals surface area contributed by atoms with Crippen LogP contribution in [0.4, 0.5) is 5.69 Å². The van der Waals surface area contributed by atoms with Crippen molar-refractivity contribution in [2.24, 2.45) is 0 Å². The molecule has 0 saturated heterocycles. The largest absolute Gasteiger partial charge is 0.349 e. The van der Waals surface area contributed by atoms with Crippen LogP contribution >= 0.6 is 46.3 Å². The molecule has 2 aromatic carbocycles. The Morgan fingerprint density at radius 3 is 2.76 bits per heavy atom. The number of rotatable bonds is 1. The summed E-state index contributed by atoms with van der Waals surface area (Å²) in [5.41, 5.74) is 1.98. The third-order valence-corrected chi connectivity index (χ3v) is 5.51. The summed E-state index contributed by atoms with van der Waals surface area (Å²) >= 11 is 15.3. The molecule has 2 heterocycles. The van der Waals surface area contributed by atoms with Crippen molar-refractivity contribution in [1.82, 2.24) is 4.98 Å². The fourth-order valence-corrected chi connectivity index (χ4v) is 4.35. The third kappa shape index (κ3) is 2.64. The van der Waals surface area contributed by atoms with Crippen LogP contribution in [0.2, 0.25) is 10.0 Å². The van der Waals surface area contributed by atoms with Crippen molar-refractivity contribution in [3.63, 3.8) is 0 Å². The molecule has 0 radical (unpaired) electrons. The lowest BCUT2D eigenvalue weighted by Crippen LogP contribution is -1.87. The molecule has 3 aromatic rings. The molecule has 0 spiro atoms. The summed E-state index contributed by atoms with van der Waals surface area (Å²) in [5, 5.41) is 6.82. The average molecular weight is 351 g/mol. The van der Waals surface area contributed by atoms with Gasteiger partial charge in [-0.1, -0.05) is 35.0 Å². The zero-order valence-corrected chi connectivity index (χ0v) is 13.7. The molecule has 0 amide bonds. The number of nitrogens with one attached hydrogen (secondary N) is 1. The summed E-state index contributed by atoms with van der Waals surface area (Å²) in [4.78, 5) is 5.77. The number of hydrogen-bond acceptors (Lipinski definition) is 4. The van der Waals surface area contributed by atoms with Crippen LogP contribution in [0.3, 0.4) is 0 Å². The Balaban J connectivity index is 1.68. The molecule has 104 valence electrons. The van der Waals surface area contributed by atoms with Crippen LogP contribution in [0.15, 0.2) is 46.3 Å². The summed E-state index contributed by atoms with van der Waals surface area (Å²) in [6, 6.07) is 11.6. The van der Waals surface area contributed by atoms with Gasteiger partial charge in [0.25, 0.3) is 0 Å². The van der Waals surface area contributed by atoms with Crippen molar-refractivity contribution in [2.75, 3.05) is 5.32 Å². The maximum atomic E-state index is 6.01. The lowest BCUT2D eigenvalue weighted by molar-refractivity contribution is 1.44. The van der Waals surface area contributed by atoms with Gasteiger partial charge >= 0.3 is 0 Å². The second-order valence-electron chi connectivity index (χ2n) is 4.54. The SMILES string of the molecule is Clc1ccc2c(c1)N/C(=C/c1nc3cc(Cl)ccc3s1)S2. The first-order valence-corrected chi connectivity index (χ1v) is 8.58. The molecule has 2 nitrogen and oxygen atoms in total. The van der Waals surface area contributed by atoms with Crippen molar-refractivity contribution >= 4 is 68.3 Å². The fraction of sp³-hybridized carbons (Fsp3) is 0. The van der Waals surface area contributed by atoms with E-state index < -0.39 is 0 Å². The van der Waals surface area contributed by atoms with Crippen molar-refractivity contribution in [1.29, 1.82) is 0 Å². The number of anilines is 1. The van der Waals surface area contributed by atoms with Gasteiger partial charge in [0.1, 0.15) is 5.01 Å². The zero-order valence-electron chi connectivity index (χ0n) is 10.6. The molecule has 0 fully saturated rings. The molecule has 1 aromatic heterocycles. The Hall–Kier alpha value is -1.20. The van der Waals surface area contributed by atoms with Gasteiger partial charge in [-0.25, -0.2) is 4.98 Å². The van der Waals surface area contributed by atoms with E-state index in [2.05, 4.69) is 16.4 Å². The third-order valence-electron chi connectivity index (χ3n) is 3.04. The van der Waals surface area contributed by atoms with Crippen LogP contribution in [0.1, 0.15) is 5.01 Å². The highest BCUT2D eigenvalue weighted by Crippen LogP contribution is 2.43. The van der Waals surface area contributed by atoms with Gasteiger partial charge in [-0.2, -0.15) is 0 Å². The second-order valence-corrected chi connectivity index (χ2v) is 7.56. The van der Waals surface area contributed by atoms with Crippen molar-refractivity contribution in [3.05, 3.63) is 56.5 Å². The van der Waals surface area contributed by atoms with E-state index in [0.29, 0.717) is 5.02 Å². The number of thioether (sulfide) groups is 1. The van der Waals surface area contributed by atoms with Crippen molar-refractivity contribution in [2.45, 2.75) is 4.90 Å². The zero-order chi connectivity index (χ0) is 14.4. The van der Waals surface area contributed by atoms with E-state index in [4.69, 9.17) is 23.2 Å². The summed E-state index contributed by atoms with van der Waals surface area (Å²) in [7, 11) is 0. The Morgan fingerprint density at radius 1 is 1.05 bits per heavy atom. The molecule has 0 atom stereocenters. The minimum atomic E-state index is 0.711. The predicted octanol–water partition coefficient (Wildman–Crippen LogP) is 6.12. The number of fused-ring (bicyclic) bond motifs is 2. The number of halogens is 2. The monoisotopic (exact) mass is 350 g/mol. The lowest BCUT2D eigenvalue weighted by Gasteiger charge is -1.97. The molecular formula is C15H8Cl2N2S2. The number of hydrogen-bond donors (Lipinski definition) is 1. The molecule has 0 bridgehead atoms. The van der Waals surface area contributed by atoms with Crippen LogP contribution in [0.5, 0.6) is 0 Å². The highest BCUT2D eigenvalue weighted by atomic mass is 35.5. The van der Waals surface area contributed by atoms with Crippen molar-refractivity contribution < 1.29 is 0 Å². The van der Waals surface area contributed by atoms with E-state index in [1.165, 1.54) is 4.90 Å². The summed E-state index contributed by atoms with van der Waals surface area (Å²) in [6.07, 6.45) is 2.05. The summed E-state index contributed by atoms with van der Waals surface area (Å²) in [6.45, 7) is 0. The lowest BCUT2D eigenvalue weighted by atomic mass is 10.3. The van der Waals surface area contributed by atoms with Gasteiger partial charge < -0.3 is 5.32 Å². The number of thiazole rings is 1. The quantitative estimate of drug-likeness (QED) is 0.572. The first-order valence-electron chi connectivity index (χ1n) is 6.20. The smallest absolute Gasteiger partial charge is 0.119 e. The minimum Gasteiger partial charge on any atom is -0.349 e. The minimum absolute atomic E-state index is 0.711.